The summed E-state index contributed by atoms with van der Waals surface area (Å²) >= 11 is 7.05. The maximum Gasteiger partial charge on any atom is 0.126 e. The molecule has 2 aromatic rings. The first kappa shape index (κ1) is 12.4. The van der Waals surface area contributed by atoms with Crippen molar-refractivity contribution in [2.24, 2.45) is 0 Å². The maximum absolute atomic E-state index is 12.9. The van der Waals surface area contributed by atoms with Crippen molar-refractivity contribution in [3.05, 3.63) is 51.4 Å². The fourth-order valence-electron chi connectivity index (χ4n) is 1.32. The second-order valence-corrected chi connectivity index (χ2v) is 5.17. The van der Waals surface area contributed by atoms with E-state index in [1.807, 2.05) is 0 Å². The molecule has 2 nitrogen and oxygen atoms in total. The fraction of sp³-hybridized carbons (Fsp3) is 0.167. The van der Waals surface area contributed by atoms with Crippen molar-refractivity contribution < 1.29 is 14.2 Å². The lowest BCUT2D eigenvalue weighted by Gasteiger charge is -2.10. The third-order valence-corrected chi connectivity index (χ3v) is 3.46. The third-order valence-electron chi connectivity index (χ3n) is 2.13. The van der Waals surface area contributed by atoms with E-state index in [1.54, 1.807) is 24.3 Å². The molecular formula is C12H10ClFO2S. The van der Waals surface area contributed by atoms with Gasteiger partial charge in [0.1, 0.15) is 24.3 Å². The summed E-state index contributed by atoms with van der Waals surface area (Å²) < 4.78 is 18.8. The number of aliphatic hydroxyl groups excluding tert-OH is 1. The van der Waals surface area contributed by atoms with Gasteiger partial charge in [-0.2, -0.15) is 0 Å². The van der Waals surface area contributed by atoms with Crippen LogP contribution < -0.4 is 4.74 Å². The molecule has 1 unspecified atom stereocenters. The number of aliphatic hydroxyl groups is 1. The van der Waals surface area contributed by atoms with Crippen molar-refractivity contribution in [3.8, 4) is 5.75 Å². The second kappa shape index (κ2) is 5.49. The summed E-state index contributed by atoms with van der Waals surface area (Å²) in [6.45, 7) is 0.0697. The smallest absolute Gasteiger partial charge is 0.126 e. The van der Waals surface area contributed by atoms with Crippen LogP contribution in [0.2, 0.25) is 4.34 Å². The number of rotatable bonds is 4. The molecule has 0 saturated carbocycles. The Labute approximate surface area is 107 Å². The van der Waals surface area contributed by atoms with Gasteiger partial charge in [0.25, 0.3) is 0 Å². The number of hydrogen-bond acceptors (Lipinski definition) is 3. The molecule has 1 aromatic carbocycles. The summed E-state index contributed by atoms with van der Waals surface area (Å²) in [5.74, 6) is 0.0304. The van der Waals surface area contributed by atoms with E-state index < -0.39 is 6.10 Å². The molecule has 90 valence electrons. The summed E-state index contributed by atoms with van der Waals surface area (Å²) in [5.41, 5.74) is 0. The van der Waals surface area contributed by atoms with Crippen LogP contribution in [-0.4, -0.2) is 11.7 Å². The van der Waals surface area contributed by atoms with Crippen LogP contribution in [0.4, 0.5) is 4.39 Å². The molecule has 1 aromatic heterocycles. The van der Waals surface area contributed by atoms with E-state index in [-0.39, 0.29) is 12.4 Å². The van der Waals surface area contributed by atoms with Crippen LogP contribution >= 0.6 is 22.9 Å². The zero-order valence-corrected chi connectivity index (χ0v) is 10.3. The Morgan fingerprint density at radius 3 is 2.82 bits per heavy atom. The van der Waals surface area contributed by atoms with Gasteiger partial charge in [0.15, 0.2) is 0 Å². The summed E-state index contributed by atoms with van der Waals surface area (Å²) in [7, 11) is 0. The Morgan fingerprint density at radius 1 is 1.35 bits per heavy atom. The largest absolute Gasteiger partial charge is 0.490 e. The molecule has 0 spiro atoms. The SMILES string of the molecule is OC(COc1cccc(F)c1)c1ccc(Cl)s1. The molecule has 5 heteroatoms. The summed E-state index contributed by atoms with van der Waals surface area (Å²) in [6, 6.07) is 9.26. The van der Waals surface area contributed by atoms with E-state index in [4.69, 9.17) is 16.3 Å². The first-order valence-electron chi connectivity index (χ1n) is 4.97. The lowest BCUT2D eigenvalue weighted by Crippen LogP contribution is -2.08. The quantitative estimate of drug-likeness (QED) is 0.920. The van der Waals surface area contributed by atoms with Crippen LogP contribution in [0.3, 0.4) is 0 Å². The molecule has 0 aliphatic carbocycles. The second-order valence-electron chi connectivity index (χ2n) is 3.43. The van der Waals surface area contributed by atoms with Gasteiger partial charge in [0, 0.05) is 10.9 Å². The molecule has 0 amide bonds. The van der Waals surface area contributed by atoms with Gasteiger partial charge >= 0.3 is 0 Å². The predicted octanol–water partition coefficient (Wildman–Crippen LogP) is 3.65. The van der Waals surface area contributed by atoms with Crippen LogP contribution in [0.1, 0.15) is 11.0 Å². The van der Waals surface area contributed by atoms with Gasteiger partial charge < -0.3 is 9.84 Å². The lowest BCUT2D eigenvalue weighted by atomic mass is 10.3. The number of thiophene rings is 1. The number of ether oxygens (including phenoxy) is 1. The van der Waals surface area contributed by atoms with Gasteiger partial charge in [-0.25, -0.2) is 4.39 Å². The summed E-state index contributed by atoms with van der Waals surface area (Å²) in [5, 5.41) is 9.80. The molecule has 17 heavy (non-hydrogen) atoms. The van der Waals surface area contributed by atoms with Crippen LogP contribution in [0, 0.1) is 5.82 Å². The molecule has 0 aliphatic heterocycles. The standard InChI is InChI=1S/C12H10ClFO2S/c13-12-5-4-11(17-12)10(15)7-16-9-3-1-2-8(14)6-9/h1-6,10,15H,7H2. The first-order valence-corrected chi connectivity index (χ1v) is 6.16. The van der Waals surface area contributed by atoms with Crippen molar-refractivity contribution in [1.29, 1.82) is 0 Å². The predicted molar refractivity (Wildman–Crippen MR) is 66.2 cm³/mol. The zero-order chi connectivity index (χ0) is 12.3. The van der Waals surface area contributed by atoms with E-state index in [1.165, 1.54) is 23.5 Å². The van der Waals surface area contributed by atoms with E-state index in [0.29, 0.717) is 10.1 Å². The third kappa shape index (κ3) is 3.43. The van der Waals surface area contributed by atoms with Crippen molar-refractivity contribution in [2.45, 2.75) is 6.10 Å². The Hall–Kier alpha value is -1.10. The summed E-state index contributed by atoms with van der Waals surface area (Å²) in [6.07, 6.45) is -0.754. The molecule has 2 rings (SSSR count). The molecule has 0 saturated heterocycles. The van der Waals surface area contributed by atoms with Crippen LogP contribution in [-0.2, 0) is 0 Å². The van der Waals surface area contributed by atoms with E-state index >= 15 is 0 Å². The Balaban J connectivity index is 1.94. The minimum atomic E-state index is -0.754. The fourth-order valence-corrected chi connectivity index (χ4v) is 2.35. The highest BCUT2D eigenvalue weighted by molar-refractivity contribution is 7.16. The average molecular weight is 273 g/mol. The zero-order valence-electron chi connectivity index (χ0n) is 8.77. The van der Waals surface area contributed by atoms with E-state index in [2.05, 4.69) is 0 Å². The lowest BCUT2D eigenvalue weighted by molar-refractivity contribution is 0.111. The molecule has 0 fully saturated rings. The Kier molecular flexibility index (Phi) is 3.99. The van der Waals surface area contributed by atoms with Crippen LogP contribution in [0.15, 0.2) is 36.4 Å². The van der Waals surface area contributed by atoms with Gasteiger partial charge in [-0.15, -0.1) is 11.3 Å². The van der Waals surface area contributed by atoms with Gasteiger partial charge in [0.05, 0.1) is 4.34 Å². The average Bonchev–Trinajstić information content (AvgIpc) is 2.73. The molecule has 1 heterocycles. The summed E-state index contributed by atoms with van der Waals surface area (Å²) in [4.78, 5) is 0.728. The topological polar surface area (TPSA) is 29.5 Å². The normalized spacial score (nSPS) is 12.4. The van der Waals surface area contributed by atoms with Crippen molar-refractivity contribution in [1.82, 2.24) is 0 Å². The molecule has 0 bridgehead atoms. The molecular weight excluding hydrogens is 263 g/mol. The maximum atomic E-state index is 12.9. The van der Waals surface area contributed by atoms with Gasteiger partial charge in [0.2, 0.25) is 0 Å². The minimum Gasteiger partial charge on any atom is -0.490 e. The highest BCUT2D eigenvalue weighted by atomic mass is 35.5. The van der Waals surface area contributed by atoms with Crippen LogP contribution in [0.5, 0.6) is 5.75 Å². The van der Waals surface area contributed by atoms with E-state index in [9.17, 15) is 9.50 Å². The Bertz CT molecular complexity index is 501. The number of hydrogen-bond donors (Lipinski definition) is 1. The van der Waals surface area contributed by atoms with Crippen molar-refractivity contribution in [3.63, 3.8) is 0 Å². The van der Waals surface area contributed by atoms with E-state index in [0.717, 1.165) is 4.88 Å². The molecule has 1 atom stereocenters. The van der Waals surface area contributed by atoms with Crippen LogP contribution in [0.25, 0.3) is 0 Å². The van der Waals surface area contributed by atoms with Gasteiger partial charge in [-0.1, -0.05) is 17.7 Å². The number of benzene rings is 1. The van der Waals surface area contributed by atoms with Gasteiger partial charge in [-0.05, 0) is 24.3 Å². The highest BCUT2D eigenvalue weighted by Gasteiger charge is 2.11. The molecule has 0 radical (unpaired) electrons. The molecule has 1 N–H and O–H groups in total. The monoisotopic (exact) mass is 272 g/mol. The number of halogens is 2. The first-order chi connectivity index (χ1) is 8.15. The molecule has 0 aliphatic rings. The minimum absolute atomic E-state index is 0.0697. The highest BCUT2D eigenvalue weighted by Crippen LogP contribution is 2.27. The van der Waals surface area contributed by atoms with Crippen molar-refractivity contribution >= 4 is 22.9 Å². The van der Waals surface area contributed by atoms with Gasteiger partial charge in [-0.3, -0.25) is 0 Å². The Morgan fingerprint density at radius 2 is 2.18 bits per heavy atom. The van der Waals surface area contributed by atoms with Crippen molar-refractivity contribution in [2.75, 3.05) is 6.61 Å².